The van der Waals surface area contributed by atoms with Crippen LogP contribution in [0.5, 0.6) is 5.75 Å². The number of halogens is 2. The summed E-state index contributed by atoms with van der Waals surface area (Å²) in [6.07, 6.45) is 1.84. The summed E-state index contributed by atoms with van der Waals surface area (Å²) >= 11 is 10.6. The van der Waals surface area contributed by atoms with E-state index in [4.69, 9.17) is 16.3 Å². The van der Waals surface area contributed by atoms with E-state index in [-0.39, 0.29) is 5.91 Å². The zero-order chi connectivity index (χ0) is 20.9. The lowest BCUT2D eigenvalue weighted by atomic mass is 10.2. The molecule has 3 aromatic carbocycles. The van der Waals surface area contributed by atoms with Crippen molar-refractivity contribution in [3.05, 3.63) is 98.3 Å². The summed E-state index contributed by atoms with van der Waals surface area (Å²) < 4.78 is 6.86. The third-order valence-corrected chi connectivity index (χ3v) is 5.90. The van der Waals surface area contributed by atoms with Gasteiger partial charge in [-0.15, -0.1) is 0 Å². The van der Waals surface area contributed by atoms with Crippen LogP contribution in [0.4, 0.5) is 5.69 Å². The van der Waals surface area contributed by atoms with Crippen LogP contribution < -0.4 is 10.1 Å². The average Bonchev–Trinajstić information content (AvgIpc) is 3.09. The zero-order valence-electron chi connectivity index (χ0n) is 15.6. The van der Waals surface area contributed by atoms with Gasteiger partial charge in [0.1, 0.15) is 12.4 Å². The van der Waals surface area contributed by atoms with Crippen LogP contribution in [0, 0.1) is 0 Å². The van der Waals surface area contributed by atoms with Gasteiger partial charge in [0.05, 0.1) is 10.6 Å². The molecule has 1 N–H and O–H groups in total. The first-order valence-corrected chi connectivity index (χ1v) is 11.1. The van der Waals surface area contributed by atoms with E-state index in [0.717, 1.165) is 27.0 Å². The molecule has 3 aromatic rings. The monoisotopic (exact) mass is 498 g/mol. The SMILES string of the molecule is O=C1NC(=Nc2ccc(Cl)cc2)S/C1=C\c1ccc(OCc2ccc(Br)cc2)cc1. The van der Waals surface area contributed by atoms with Crippen LogP contribution in [-0.2, 0) is 11.4 Å². The fourth-order valence-corrected chi connectivity index (χ4v) is 3.90. The fraction of sp³-hybridized carbons (Fsp3) is 0.0435. The normalized spacial score (nSPS) is 16.1. The van der Waals surface area contributed by atoms with Crippen molar-refractivity contribution in [3.63, 3.8) is 0 Å². The number of thioether (sulfide) groups is 1. The molecule has 0 saturated carbocycles. The van der Waals surface area contributed by atoms with Crippen molar-refractivity contribution >= 4 is 62.1 Å². The molecule has 0 unspecified atom stereocenters. The van der Waals surface area contributed by atoms with Gasteiger partial charge in [-0.1, -0.05) is 51.8 Å². The van der Waals surface area contributed by atoms with Crippen LogP contribution in [0.1, 0.15) is 11.1 Å². The van der Waals surface area contributed by atoms with Gasteiger partial charge < -0.3 is 10.1 Å². The molecule has 0 aliphatic carbocycles. The van der Waals surface area contributed by atoms with Gasteiger partial charge in [-0.2, -0.15) is 0 Å². The second kappa shape index (κ2) is 9.51. The summed E-state index contributed by atoms with van der Waals surface area (Å²) in [5.41, 5.74) is 2.74. The first kappa shape index (κ1) is 20.7. The number of amidine groups is 1. The standard InChI is InChI=1S/C23H16BrClN2O2S/c24-17-5-1-16(2-6-17)14-29-20-11-3-15(4-12-20)13-21-22(28)27-23(30-21)26-19-9-7-18(25)8-10-19/h1-13H,14H2,(H,26,27,28)/b21-13-. The van der Waals surface area contributed by atoms with Crippen LogP contribution in [0.2, 0.25) is 5.02 Å². The predicted octanol–water partition coefficient (Wildman–Crippen LogP) is 6.57. The number of hydrogen-bond donors (Lipinski definition) is 1. The Kier molecular flexibility index (Phi) is 6.57. The summed E-state index contributed by atoms with van der Waals surface area (Å²) in [7, 11) is 0. The van der Waals surface area contributed by atoms with E-state index in [0.29, 0.717) is 21.7 Å². The molecule has 0 radical (unpaired) electrons. The van der Waals surface area contributed by atoms with E-state index >= 15 is 0 Å². The minimum absolute atomic E-state index is 0.164. The molecule has 1 saturated heterocycles. The van der Waals surface area contributed by atoms with Crippen LogP contribution in [0.25, 0.3) is 6.08 Å². The molecule has 4 nitrogen and oxygen atoms in total. The van der Waals surface area contributed by atoms with Crippen LogP contribution in [-0.4, -0.2) is 11.1 Å². The van der Waals surface area contributed by atoms with Gasteiger partial charge in [0.2, 0.25) is 0 Å². The Bertz CT molecular complexity index is 1110. The van der Waals surface area contributed by atoms with Gasteiger partial charge in [-0.3, -0.25) is 4.79 Å². The summed E-state index contributed by atoms with van der Waals surface area (Å²) in [6.45, 7) is 0.497. The van der Waals surface area contributed by atoms with Gasteiger partial charge in [-0.05, 0) is 77.5 Å². The molecule has 1 amide bonds. The minimum Gasteiger partial charge on any atom is -0.489 e. The summed E-state index contributed by atoms with van der Waals surface area (Å²) in [5.74, 6) is 0.608. The molecule has 0 aromatic heterocycles. The van der Waals surface area contributed by atoms with Crippen molar-refractivity contribution in [1.29, 1.82) is 0 Å². The lowest BCUT2D eigenvalue weighted by Crippen LogP contribution is -2.19. The average molecular weight is 500 g/mol. The lowest BCUT2D eigenvalue weighted by molar-refractivity contribution is -0.115. The Morgan fingerprint density at radius 2 is 1.70 bits per heavy atom. The fourth-order valence-electron chi connectivity index (χ4n) is 2.67. The molecule has 150 valence electrons. The quantitative estimate of drug-likeness (QED) is 0.404. The van der Waals surface area contributed by atoms with Crippen LogP contribution in [0.15, 0.2) is 87.2 Å². The number of rotatable bonds is 5. The highest BCUT2D eigenvalue weighted by molar-refractivity contribution is 9.10. The largest absolute Gasteiger partial charge is 0.489 e. The third-order valence-electron chi connectivity index (χ3n) is 4.20. The van der Waals surface area contributed by atoms with Gasteiger partial charge in [0.15, 0.2) is 5.17 Å². The molecule has 4 rings (SSSR count). The molecule has 0 atom stereocenters. The molecular formula is C23H16BrClN2O2S. The number of benzene rings is 3. The topological polar surface area (TPSA) is 50.7 Å². The Hall–Kier alpha value is -2.54. The highest BCUT2D eigenvalue weighted by Crippen LogP contribution is 2.29. The molecule has 30 heavy (non-hydrogen) atoms. The third kappa shape index (κ3) is 5.53. The number of amides is 1. The maximum Gasteiger partial charge on any atom is 0.264 e. The van der Waals surface area contributed by atoms with Crippen molar-refractivity contribution < 1.29 is 9.53 Å². The maximum absolute atomic E-state index is 12.3. The number of hydrogen-bond acceptors (Lipinski definition) is 4. The maximum atomic E-state index is 12.3. The van der Waals surface area contributed by atoms with E-state index in [1.54, 1.807) is 24.3 Å². The number of aliphatic imine (C=N–C) groups is 1. The molecule has 7 heteroatoms. The number of nitrogens with one attached hydrogen (secondary N) is 1. The van der Waals surface area contributed by atoms with Crippen molar-refractivity contribution in [2.45, 2.75) is 6.61 Å². The van der Waals surface area contributed by atoms with Crippen molar-refractivity contribution in [2.24, 2.45) is 4.99 Å². The van der Waals surface area contributed by atoms with E-state index < -0.39 is 0 Å². The summed E-state index contributed by atoms with van der Waals surface area (Å²) in [6, 6.07) is 22.8. The second-order valence-corrected chi connectivity index (χ2v) is 8.83. The smallest absolute Gasteiger partial charge is 0.264 e. The first-order valence-electron chi connectivity index (χ1n) is 9.08. The van der Waals surface area contributed by atoms with Crippen LogP contribution >= 0.6 is 39.3 Å². The molecule has 0 bridgehead atoms. The number of ether oxygens (including phenoxy) is 1. The van der Waals surface area contributed by atoms with E-state index in [1.165, 1.54) is 11.8 Å². The molecule has 1 fully saturated rings. The van der Waals surface area contributed by atoms with E-state index in [1.807, 2.05) is 54.6 Å². The molecule has 1 aliphatic rings. The van der Waals surface area contributed by atoms with Crippen molar-refractivity contribution in [1.82, 2.24) is 5.32 Å². The van der Waals surface area contributed by atoms with Crippen LogP contribution in [0.3, 0.4) is 0 Å². The molecular weight excluding hydrogens is 484 g/mol. The second-order valence-electron chi connectivity index (χ2n) is 6.44. The lowest BCUT2D eigenvalue weighted by Gasteiger charge is -2.06. The Labute approximate surface area is 192 Å². The van der Waals surface area contributed by atoms with E-state index in [9.17, 15) is 4.79 Å². The number of carbonyl (C=O) groups is 1. The minimum atomic E-state index is -0.164. The summed E-state index contributed by atoms with van der Waals surface area (Å²) in [4.78, 5) is 17.3. The molecule has 1 aliphatic heterocycles. The zero-order valence-corrected chi connectivity index (χ0v) is 18.8. The Morgan fingerprint density at radius 1 is 1.00 bits per heavy atom. The van der Waals surface area contributed by atoms with Gasteiger partial charge in [0, 0.05) is 9.50 Å². The van der Waals surface area contributed by atoms with Crippen molar-refractivity contribution in [3.8, 4) is 5.75 Å². The first-order chi connectivity index (χ1) is 14.5. The number of nitrogens with zero attached hydrogens (tertiary/aromatic N) is 1. The summed E-state index contributed by atoms with van der Waals surface area (Å²) in [5, 5.41) is 3.98. The molecule has 1 heterocycles. The van der Waals surface area contributed by atoms with Crippen molar-refractivity contribution in [2.75, 3.05) is 0 Å². The Balaban J connectivity index is 1.39. The highest BCUT2D eigenvalue weighted by Gasteiger charge is 2.23. The van der Waals surface area contributed by atoms with E-state index in [2.05, 4.69) is 26.2 Å². The Morgan fingerprint density at radius 3 is 2.40 bits per heavy atom. The highest BCUT2D eigenvalue weighted by atomic mass is 79.9. The van der Waals surface area contributed by atoms with Gasteiger partial charge in [-0.25, -0.2) is 4.99 Å². The predicted molar refractivity (Wildman–Crippen MR) is 127 cm³/mol. The molecule has 0 spiro atoms. The van der Waals surface area contributed by atoms with Gasteiger partial charge >= 0.3 is 0 Å². The van der Waals surface area contributed by atoms with Gasteiger partial charge in [0.25, 0.3) is 5.91 Å². The number of carbonyl (C=O) groups excluding carboxylic acids is 1.